The number of nitriles is 1. The molecule has 0 aromatic heterocycles. The van der Waals surface area contributed by atoms with Gasteiger partial charge in [-0.1, -0.05) is 44.2 Å². The molecular formula is C30H40FN5O2. The van der Waals surface area contributed by atoms with E-state index >= 15 is 4.39 Å². The van der Waals surface area contributed by atoms with Gasteiger partial charge in [0.1, 0.15) is 11.6 Å². The van der Waals surface area contributed by atoms with Gasteiger partial charge < -0.3 is 15.1 Å². The number of nitrogens with one attached hydrogen (secondary N) is 1. The topological polar surface area (TPSA) is 79.7 Å². The number of halogens is 1. The molecule has 2 amide bonds. The predicted molar refractivity (Wildman–Crippen MR) is 150 cm³/mol. The van der Waals surface area contributed by atoms with Crippen LogP contribution in [-0.4, -0.2) is 67.4 Å². The average molecular weight is 522 g/mol. The first kappa shape index (κ1) is 29.1. The summed E-state index contributed by atoms with van der Waals surface area (Å²) in [6.45, 7) is 12.4. The van der Waals surface area contributed by atoms with Gasteiger partial charge in [-0.25, -0.2) is 4.39 Å². The molecule has 1 saturated heterocycles. The van der Waals surface area contributed by atoms with Gasteiger partial charge in [0.05, 0.1) is 17.3 Å². The molecule has 204 valence electrons. The number of nitrogens with zero attached hydrogens (tertiary/aromatic N) is 4. The van der Waals surface area contributed by atoms with Crippen LogP contribution >= 0.6 is 0 Å². The van der Waals surface area contributed by atoms with Crippen LogP contribution in [0.3, 0.4) is 0 Å². The first-order chi connectivity index (χ1) is 18.4. The minimum Gasteiger partial charge on any atom is -0.368 e. The summed E-state index contributed by atoms with van der Waals surface area (Å²) in [5, 5.41) is 12.4. The third-order valence-corrected chi connectivity index (χ3v) is 7.57. The highest BCUT2D eigenvalue weighted by Gasteiger charge is 2.29. The van der Waals surface area contributed by atoms with E-state index in [0.717, 1.165) is 5.56 Å². The smallest absolute Gasteiger partial charge is 0.231 e. The van der Waals surface area contributed by atoms with Crippen LogP contribution in [0.2, 0.25) is 0 Å². The molecule has 1 atom stereocenters. The van der Waals surface area contributed by atoms with E-state index in [2.05, 4.69) is 10.2 Å². The Morgan fingerprint density at radius 1 is 1.00 bits per heavy atom. The molecule has 38 heavy (non-hydrogen) atoms. The molecule has 0 aliphatic carbocycles. The first-order valence-electron chi connectivity index (χ1n) is 13.7. The Morgan fingerprint density at radius 3 is 2.18 bits per heavy atom. The second-order valence-electron chi connectivity index (χ2n) is 9.70. The van der Waals surface area contributed by atoms with Crippen LogP contribution in [0.5, 0.6) is 0 Å². The van der Waals surface area contributed by atoms with Crippen molar-refractivity contribution in [1.82, 2.24) is 9.80 Å². The van der Waals surface area contributed by atoms with Crippen molar-refractivity contribution >= 4 is 23.2 Å². The summed E-state index contributed by atoms with van der Waals surface area (Å²) in [6.07, 6.45) is 1.34. The van der Waals surface area contributed by atoms with E-state index < -0.39 is 5.82 Å². The quantitative estimate of drug-likeness (QED) is 0.458. The van der Waals surface area contributed by atoms with E-state index in [1.807, 2.05) is 73.9 Å². The number of carbonyl (C=O) groups excluding carboxylic acids is 2. The van der Waals surface area contributed by atoms with Crippen LogP contribution in [0.25, 0.3) is 0 Å². The van der Waals surface area contributed by atoms with Crippen LogP contribution in [0.4, 0.5) is 15.8 Å². The maximum absolute atomic E-state index is 15.3. The molecule has 1 unspecified atom stereocenters. The minimum absolute atomic E-state index is 0.0430. The minimum atomic E-state index is -0.694. The largest absolute Gasteiger partial charge is 0.368 e. The SMILES string of the molecule is CCC(CC)C(=O)Nc1ccc(N2CCN(CC(C(=O)N(CC)CC)c3ccccc3)CC2)c(C#N)c1F. The molecule has 1 fully saturated rings. The van der Waals surface area contributed by atoms with Gasteiger partial charge in [-0.05, 0) is 44.4 Å². The van der Waals surface area contributed by atoms with E-state index in [1.54, 1.807) is 12.1 Å². The Morgan fingerprint density at radius 2 is 1.63 bits per heavy atom. The standard InChI is InChI=1S/C30H40FN5O2/c1-5-22(6-2)29(37)33-26-14-15-27(24(20-32)28(26)31)36-18-16-34(17-19-36)21-25(23-12-10-9-11-13-23)30(38)35(7-3)8-4/h9-15,22,25H,5-8,16-19,21H2,1-4H3,(H,33,37). The molecular weight excluding hydrogens is 481 g/mol. The maximum Gasteiger partial charge on any atom is 0.231 e. The van der Waals surface area contributed by atoms with Crippen LogP contribution in [0.1, 0.15) is 57.6 Å². The molecule has 7 nitrogen and oxygen atoms in total. The summed E-state index contributed by atoms with van der Waals surface area (Å²) in [6, 6.07) is 15.2. The van der Waals surface area contributed by atoms with Crippen LogP contribution in [0, 0.1) is 23.1 Å². The van der Waals surface area contributed by atoms with E-state index in [4.69, 9.17) is 0 Å². The van der Waals surface area contributed by atoms with Crippen molar-refractivity contribution in [2.24, 2.45) is 5.92 Å². The fraction of sp³-hybridized carbons (Fsp3) is 0.500. The lowest BCUT2D eigenvalue weighted by Gasteiger charge is -2.38. The number of anilines is 2. The van der Waals surface area contributed by atoms with Gasteiger partial charge >= 0.3 is 0 Å². The van der Waals surface area contributed by atoms with Crippen molar-refractivity contribution in [3.05, 3.63) is 59.4 Å². The molecule has 2 aromatic rings. The van der Waals surface area contributed by atoms with Crippen LogP contribution < -0.4 is 10.2 Å². The van der Waals surface area contributed by atoms with Gasteiger partial charge in [0.15, 0.2) is 5.82 Å². The van der Waals surface area contributed by atoms with E-state index in [-0.39, 0.29) is 34.9 Å². The Labute approximate surface area is 226 Å². The van der Waals surface area contributed by atoms with Gasteiger partial charge in [0.2, 0.25) is 11.8 Å². The second-order valence-corrected chi connectivity index (χ2v) is 9.70. The van der Waals surface area contributed by atoms with Gasteiger partial charge in [-0.3, -0.25) is 14.5 Å². The van der Waals surface area contributed by atoms with Gasteiger partial charge in [0.25, 0.3) is 0 Å². The fourth-order valence-electron chi connectivity index (χ4n) is 5.12. The zero-order valence-electron chi connectivity index (χ0n) is 23.0. The molecule has 2 aromatic carbocycles. The lowest BCUT2D eigenvalue weighted by molar-refractivity contribution is -0.133. The number of piperazine rings is 1. The number of amides is 2. The molecule has 8 heteroatoms. The highest BCUT2D eigenvalue weighted by atomic mass is 19.1. The number of carbonyl (C=O) groups is 2. The van der Waals surface area contributed by atoms with E-state index in [1.165, 1.54) is 0 Å². The molecule has 0 radical (unpaired) electrons. The molecule has 0 spiro atoms. The molecule has 1 N–H and O–H groups in total. The highest BCUT2D eigenvalue weighted by Crippen LogP contribution is 2.30. The average Bonchev–Trinajstić information content (AvgIpc) is 2.94. The van der Waals surface area contributed by atoms with Crippen molar-refractivity contribution < 1.29 is 14.0 Å². The van der Waals surface area contributed by atoms with E-state index in [9.17, 15) is 14.9 Å². The molecule has 1 heterocycles. The highest BCUT2D eigenvalue weighted by molar-refractivity contribution is 5.93. The van der Waals surface area contributed by atoms with Crippen molar-refractivity contribution in [2.45, 2.75) is 46.5 Å². The molecule has 1 aliphatic heterocycles. The van der Waals surface area contributed by atoms with Gasteiger partial charge in [-0.15, -0.1) is 0 Å². The number of benzene rings is 2. The number of rotatable bonds is 11. The summed E-state index contributed by atoms with van der Waals surface area (Å²) in [5.74, 6) is -1.25. The van der Waals surface area contributed by atoms with Crippen molar-refractivity contribution in [1.29, 1.82) is 5.26 Å². The third-order valence-electron chi connectivity index (χ3n) is 7.57. The van der Waals surface area contributed by atoms with Crippen molar-refractivity contribution in [2.75, 3.05) is 56.0 Å². The van der Waals surface area contributed by atoms with Gasteiger partial charge in [0, 0.05) is 51.7 Å². The number of hydrogen-bond donors (Lipinski definition) is 1. The lowest BCUT2D eigenvalue weighted by atomic mass is 9.96. The summed E-state index contributed by atoms with van der Waals surface area (Å²) in [7, 11) is 0. The first-order valence-corrected chi connectivity index (χ1v) is 13.7. The molecule has 1 aliphatic rings. The second kappa shape index (κ2) is 13.9. The van der Waals surface area contributed by atoms with E-state index in [0.29, 0.717) is 64.3 Å². The zero-order chi connectivity index (χ0) is 27.7. The molecule has 0 saturated carbocycles. The van der Waals surface area contributed by atoms with Crippen LogP contribution in [0.15, 0.2) is 42.5 Å². The van der Waals surface area contributed by atoms with Crippen molar-refractivity contribution in [3.8, 4) is 6.07 Å². The lowest BCUT2D eigenvalue weighted by Crippen LogP contribution is -2.49. The predicted octanol–water partition coefficient (Wildman–Crippen LogP) is 4.85. The Hall–Kier alpha value is -3.44. The Balaban J connectivity index is 1.72. The molecule has 0 bridgehead atoms. The summed E-state index contributed by atoms with van der Waals surface area (Å²) >= 11 is 0. The summed E-state index contributed by atoms with van der Waals surface area (Å²) < 4.78 is 15.3. The maximum atomic E-state index is 15.3. The Kier molecular flexibility index (Phi) is 10.7. The number of hydrogen-bond acceptors (Lipinski definition) is 5. The zero-order valence-corrected chi connectivity index (χ0v) is 23.0. The summed E-state index contributed by atoms with van der Waals surface area (Å²) in [4.78, 5) is 32.0. The number of likely N-dealkylation sites (N-methyl/N-ethyl adjacent to an activating group) is 1. The van der Waals surface area contributed by atoms with Crippen LogP contribution in [-0.2, 0) is 9.59 Å². The molecule has 3 rings (SSSR count). The fourth-order valence-corrected chi connectivity index (χ4v) is 5.12. The monoisotopic (exact) mass is 521 g/mol. The van der Waals surface area contributed by atoms with Crippen molar-refractivity contribution in [3.63, 3.8) is 0 Å². The third kappa shape index (κ3) is 6.70. The summed E-state index contributed by atoms with van der Waals surface area (Å²) in [5.41, 5.74) is 1.52. The Bertz CT molecular complexity index is 1120. The normalized spacial score (nSPS) is 14.7. The van der Waals surface area contributed by atoms with Gasteiger partial charge in [-0.2, -0.15) is 5.26 Å².